The highest BCUT2D eigenvalue weighted by molar-refractivity contribution is 7.17. The third kappa shape index (κ3) is 3.85. The normalized spacial score (nSPS) is 11.8. The molecule has 23 heavy (non-hydrogen) atoms. The van der Waals surface area contributed by atoms with Crippen molar-refractivity contribution in [2.75, 3.05) is 7.05 Å². The number of aryl methyl sites for hydroxylation is 2. The third-order valence-corrected chi connectivity index (χ3v) is 4.44. The molecule has 3 nitrogen and oxygen atoms in total. The first kappa shape index (κ1) is 15.4. The van der Waals surface area contributed by atoms with E-state index >= 15 is 0 Å². The molecular weight excluding hydrogens is 302 g/mol. The Labute approximate surface area is 140 Å². The van der Waals surface area contributed by atoms with Crippen LogP contribution in [0, 0.1) is 13.8 Å². The quantitative estimate of drug-likeness (QED) is 0.462. The molecule has 0 unspecified atom stereocenters. The molecule has 0 bridgehead atoms. The average Bonchev–Trinajstić information content (AvgIpc) is 2.99. The summed E-state index contributed by atoms with van der Waals surface area (Å²) in [6, 6.07) is 14.6. The van der Waals surface area contributed by atoms with Gasteiger partial charge in [0.25, 0.3) is 0 Å². The molecule has 1 heterocycles. The van der Waals surface area contributed by atoms with E-state index in [-0.39, 0.29) is 0 Å². The van der Waals surface area contributed by atoms with Gasteiger partial charge in [-0.1, -0.05) is 23.8 Å². The van der Waals surface area contributed by atoms with Gasteiger partial charge in [-0.25, -0.2) is 9.98 Å². The number of aliphatic imine (C=N–C) groups is 2. The van der Waals surface area contributed by atoms with E-state index in [0.717, 1.165) is 11.4 Å². The number of hydrogen-bond donors (Lipinski definition) is 0. The van der Waals surface area contributed by atoms with E-state index in [4.69, 9.17) is 0 Å². The molecule has 116 valence electrons. The van der Waals surface area contributed by atoms with Gasteiger partial charge in [0.15, 0.2) is 0 Å². The lowest BCUT2D eigenvalue weighted by Gasteiger charge is -2.06. The smallest absolute Gasteiger partial charge is 0.0961 e. The summed E-state index contributed by atoms with van der Waals surface area (Å²) in [5.41, 5.74) is 4.36. The van der Waals surface area contributed by atoms with Gasteiger partial charge in [0.1, 0.15) is 0 Å². The van der Waals surface area contributed by atoms with E-state index in [9.17, 15) is 0 Å². The van der Waals surface area contributed by atoms with Crippen LogP contribution in [0.25, 0.3) is 10.1 Å². The van der Waals surface area contributed by atoms with Crippen molar-refractivity contribution >= 4 is 45.5 Å². The summed E-state index contributed by atoms with van der Waals surface area (Å²) in [7, 11) is 1.93. The molecule has 0 saturated heterocycles. The second kappa shape index (κ2) is 6.75. The molecule has 0 aliphatic carbocycles. The number of nitrogens with zero attached hydrogens (tertiary/aromatic N) is 3. The molecule has 0 radical (unpaired) electrons. The molecule has 1 aromatic heterocycles. The summed E-state index contributed by atoms with van der Waals surface area (Å²) >= 11 is 1.73. The highest BCUT2D eigenvalue weighted by atomic mass is 32.1. The first-order chi connectivity index (χ1) is 11.1. The molecule has 0 amide bonds. The van der Waals surface area contributed by atoms with Crippen molar-refractivity contribution in [2.24, 2.45) is 9.98 Å². The molecule has 4 heteroatoms. The van der Waals surface area contributed by atoms with Crippen molar-refractivity contribution in [3.8, 4) is 0 Å². The summed E-state index contributed by atoms with van der Waals surface area (Å²) < 4.78 is 1.26. The number of rotatable bonds is 4. The summed E-state index contributed by atoms with van der Waals surface area (Å²) in [6.07, 6.45) is 3.56. The Morgan fingerprint density at radius 1 is 0.957 bits per heavy atom. The third-order valence-electron chi connectivity index (χ3n) is 3.56. The van der Waals surface area contributed by atoms with Gasteiger partial charge in [-0.15, -0.1) is 11.3 Å². The van der Waals surface area contributed by atoms with Crippen molar-refractivity contribution in [2.45, 2.75) is 13.8 Å². The topological polar surface area (TPSA) is 28.0 Å². The van der Waals surface area contributed by atoms with Crippen LogP contribution in [0.5, 0.6) is 0 Å². The van der Waals surface area contributed by atoms with Gasteiger partial charge in [-0.2, -0.15) is 0 Å². The van der Waals surface area contributed by atoms with Crippen LogP contribution in [-0.4, -0.2) is 24.6 Å². The monoisotopic (exact) mass is 321 g/mol. The molecule has 2 aromatic carbocycles. The molecular formula is C19H19N3S. The zero-order valence-corrected chi connectivity index (χ0v) is 14.3. The van der Waals surface area contributed by atoms with Gasteiger partial charge in [0.05, 0.1) is 24.1 Å². The average molecular weight is 321 g/mol. The molecule has 0 saturated carbocycles. The number of hydrogen-bond acceptors (Lipinski definition) is 3. The van der Waals surface area contributed by atoms with Crippen molar-refractivity contribution in [1.29, 1.82) is 0 Å². The first-order valence-corrected chi connectivity index (χ1v) is 8.34. The number of benzene rings is 2. The maximum atomic E-state index is 4.51. The Hall–Kier alpha value is -2.46. The fourth-order valence-electron chi connectivity index (χ4n) is 2.31. The fraction of sp³-hybridized carbons (Fsp3) is 0.158. The maximum Gasteiger partial charge on any atom is 0.0961 e. The molecule has 0 aliphatic rings. The summed E-state index contributed by atoms with van der Waals surface area (Å²) in [5, 5.41) is 3.36. The minimum absolute atomic E-state index is 0.951. The minimum Gasteiger partial charge on any atom is -0.326 e. The van der Waals surface area contributed by atoms with Crippen LogP contribution >= 0.6 is 11.3 Å². The van der Waals surface area contributed by atoms with E-state index in [1.807, 2.05) is 24.1 Å². The van der Waals surface area contributed by atoms with E-state index in [2.05, 4.69) is 59.5 Å². The van der Waals surface area contributed by atoms with E-state index in [1.165, 1.54) is 21.2 Å². The fourth-order valence-corrected chi connectivity index (χ4v) is 3.14. The molecule has 3 aromatic rings. The van der Waals surface area contributed by atoms with Crippen LogP contribution in [0.3, 0.4) is 0 Å². The summed E-state index contributed by atoms with van der Waals surface area (Å²) in [4.78, 5) is 10.9. The zero-order valence-electron chi connectivity index (χ0n) is 13.5. The first-order valence-electron chi connectivity index (χ1n) is 7.47. The summed E-state index contributed by atoms with van der Waals surface area (Å²) in [5.74, 6) is 0. The lowest BCUT2D eigenvalue weighted by Crippen LogP contribution is -2.12. The maximum absolute atomic E-state index is 4.51. The van der Waals surface area contributed by atoms with Gasteiger partial charge < -0.3 is 4.90 Å². The number of fused-ring (bicyclic) bond motifs is 1. The predicted molar refractivity (Wildman–Crippen MR) is 102 cm³/mol. The van der Waals surface area contributed by atoms with E-state index in [0.29, 0.717) is 0 Å². The lowest BCUT2D eigenvalue weighted by molar-refractivity contribution is 0.802. The van der Waals surface area contributed by atoms with Crippen molar-refractivity contribution in [1.82, 2.24) is 4.90 Å². The predicted octanol–water partition coefficient (Wildman–Crippen LogP) is 5.47. The van der Waals surface area contributed by atoms with Crippen LogP contribution < -0.4 is 0 Å². The van der Waals surface area contributed by atoms with Gasteiger partial charge in [-0.3, -0.25) is 0 Å². The highest BCUT2D eigenvalue weighted by Gasteiger charge is 1.97. The second-order valence-corrected chi connectivity index (χ2v) is 6.53. The van der Waals surface area contributed by atoms with E-state index < -0.39 is 0 Å². The highest BCUT2D eigenvalue weighted by Crippen LogP contribution is 2.25. The zero-order chi connectivity index (χ0) is 16.2. The second-order valence-electron chi connectivity index (χ2n) is 5.59. The molecule has 0 fully saturated rings. The summed E-state index contributed by atoms with van der Waals surface area (Å²) in [6.45, 7) is 4.16. The van der Waals surface area contributed by atoms with Gasteiger partial charge in [0.2, 0.25) is 0 Å². The lowest BCUT2D eigenvalue weighted by atomic mass is 10.1. The van der Waals surface area contributed by atoms with Gasteiger partial charge in [-0.05, 0) is 54.4 Å². The Balaban J connectivity index is 1.70. The molecule has 0 N–H and O–H groups in total. The van der Waals surface area contributed by atoms with Crippen molar-refractivity contribution in [3.63, 3.8) is 0 Å². The van der Waals surface area contributed by atoms with Crippen LogP contribution in [0.15, 0.2) is 57.8 Å². The Kier molecular flexibility index (Phi) is 4.53. The van der Waals surface area contributed by atoms with Gasteiger partial charge in [0, 0.05) is 11.7 Å². The SMILES string of the molecule is Cc1ccc(N=CN(C)C=Nc2ccc3ccsc3c2)c(C)c1. The van der Waals surface area contributed by atoms with Crippen LogP contribution in [0.1, 0.15) is 11.1 Å². The van der Waals surface area contributed by atoms with Crippen molar-refractivity contribution < 1.29 is 0 Å². The van der Waals surface area contributed by atoms with E-state index in [1.54, 1.807) is 24.0 Å². The van der Waals surface area contributed by atoms with Gasteiger partial charge >= 0.3 is 0 Å². The molecule has 0 aliphatic heterocycles. The number of thiophene rings is 1. The largest absolute Gasteiger partial charge is 0.326 e. The van der Waals surface area contributed by atoms with Crippen LogP contribution in [0.2, 0.25) is 0 Å². The minimum atomic E-state index is 0.951. The standard InChI is InChI=1S/C19H19N3S/c1-14-4-7-18(15(2)10-14)21-13-22(3)12-20-17-6-5-16-8-9-23-19(16)11-17/h4-13H,1-3H3. The Morgan fingerprint density at radius 2 is 1.78 bits per heavy atom. The molecule has 3 rings (SSSR count). The molecule has 0 spiro atoms. The Morgan fingerprint density at radius 3 is 2.61 bits per heavy atom. The van der Waals surface area contributed by atoms with Crippen LogP contribution in [0.4, 0.5) is 11.4 Å². The Bertz CT molecular complexity index is 877. The van der Waals surface area contributed by atoms with Crippen molar-refractivity contribution in [3.05, 3.63) is 59.0 Å². The van der Waals surface area contributed by atoms with Crippen LogP contribution in [-0.2, 0) is 0 Å². The molecule has 0 atom stereocenters.